The van der Waals surface area contributed by atoms with Gasteiger partial charge >= 0.3 is 0 Å². The first-order valence-electron chi connectivity index (χ1n) is 6.01. The van der Waals surface area contributed by atoms with Crippen molar-refractivity contribution < 1.29 is 14.5 Å². The summed E-state index contributed by atoms with van der Waals surface area (Å²) in [6.45, 7) is 0. The van der Waals surface area contributed by atoms with Crippen LogP contribution in [0.5, 0.6) is 5.75 Å². The first-order chi connectivity index (χ1) is 10.4. The van der Waals surface area contributed by atoms with Crippen LogP contribution >= 0.6 is 23.2 Å². The molecule has 114 valence electrons. The number of rotatable bonds is 4. The van der Waals surface area contributed by atoms with E-state index in [-0.39, 0.29) is 21.3 Å². The number of nitrogens with one attached hydrogen (secondary N) is 1. The molecule has 1 N–H and O–H groups in total. The Morgan fingerprint density at radius 1 is 1.23 bits per heavy atom. The van der Waals surface area contributed by atoms with Gasteiger partial charge in [0.2, 0.25) is 0 Å². The first kappa shape index (κ1) is 16.1. The van der Waals surface area contributed by atoms with Crippen LogP contribution in [0.2, 0.25) is 10.0 Å². The average molecular weight is 341 g/mol. The molecule has 0 radical (unpaired) electrons. The maximum atomic E-state index is 12.2. The summed E-state index contributed by atoms with van der Waals surface area (Å²) in [5.41, 5.74) is -0.173. The topological polar surface area (TPSA) is 81.5 Å². The summed E-state index contributed by atoms with van der Waals surface area (Å²) in [5, 5.41) is 14.0. The fraction of sp³-hybridized carbons (Fsp3) is 0.0714. The van der Waals surface area contributed by atoms with E-state index in [1.54, 1.807) is 12.1 Å². The molecule has 0 saturated carbocycles. The maximum Gasteiger partial charge on any atom is 0.283 e. The van der Waals surface area contributed by atoms with E-state index in [0.717, 1.165) is 6.07 Å². The third-order valence-electron chi connectivity index (χ3n) is 2.83. The van der Waals surface area contributed by atoms with Crippen LogP contribution < -0.4 is 10.1 Å². The number of anilines is 1. The number of methoxy groups -OCH3 is 1. The van der Waals surface area contributed by atoms with Crippen molar-refractivity contribution in [3.8, 4) is 5.75 Å². The fourth-order valence-electron chi connectivity index (χ4n) is 1.76. The van der Waals surface area contributed by atoms with Crippen LogP contribution in [-0.2, 0) is 0 Å². The largest absolute Gasteiger partial charge is 0.497 e. The lowest BCUT2D eigenvalue weighted by Gasteiger charge is -2.09. The monoisotopic (exact) mass is 340 g/mol. The Morgan fingerprint density at radius 2 is 1.95 bits per heavy atom. The molecular formula is C14H10Cl2N2O4. The predicted molar refractivity (Wildman–Crippen MR) is 84.1 cm³/mol. The number of hydrogen-bond acceptors (Lipinski definition) is 4. The summed E-state index contributed by atoms with van der Waals surface area (Å²) < 4.78 is 5.00. The van der Waals surface area contributed by atoms with Crippen molar-refractivity contribution in [3.05, 3.63) is 62.1 Å². The van der Waals surface area contributed by atoms with E-state index in [0.29, 0.717) is 11.4 Å². The van der Waals surface area contributed by atoms with Gasteiger partial charge in [0.1, 0.15) is 11.3 Å². The molecule has 0 atom stereocenters. The molecule has 2 rings (SSSR count). The van der Waals surface area contributed by atoms with Crippen molar-refractivity contribution in [1.29, 1.82) is 0 Å². The smallest absolute Gasteiger partial charge is 0.283 e. The molecule has 0 unspecified atom stereocenters. The van der Waals surface area contributed by atoms with Gasteiger partial charge in [0, 0.05) is 17.2 Å². The minimum atomic E-state index is -0.670. The number of ether oxygens (including phenoxy) is 1. The molecule has 1 amide bonds. The van der Waals surface area contributed by atoms with Crippen molar-refractivity contribution in [2.45, 2.75) is 0 Å². The van der Waals surface area contributed by atoms with E-state index in [4.69, 9.17) is 27.9 Å². The zero-order chi connectivity index (χ0) is 16.3. The molecule has 0 bridgehead atoms. The Morgan fingerprint density at radius 3 is 2.55 bits per heavy atom. The molecule has 22 heavy (non-hydrogen) atoms. The first-order valence-corrected chi connectivity index (χ1v) is 6.77. The van der Waals surface area contributed by atoms with Crippen molar-refractivity contribution in [1.82, 2.24) is 0 Å². The van der Waals surface area contributed by atoms with E-state index < -0.39 is 10.8 Å². The highest BCUT2D eigenvalue weighted by Gasteiger charge is 2.21. The third-order valence-corrected chi connectivity index (χ3v) is 3.37. The highest BCUT2D eigenvalue weighted by atomic mass is 35.5. The van der Waals surface area contributed by atoms with E-state index in [2.05, 4.69) is 5.32 Å². The average Bonchev–Trinajstić information content (AvgIpc) is 2.48. The van der Waals surface area contributed by atoms with Crippen LogP contribution in [0, 0.1) is 10.1 Å². The Balaban J connectivity index is 2.32. The SMILES string of the molecule is COc1ccc(NC(=O)c2ccc(Cl)cc2[N+](=O)[O-])c(Cl)c1. The molecule has 0 aliphatic carbocycles. The van der Waals surface area contributed by atoms with E-state index >= 15 is 0 Å². The molecule has 0 aliphatic heterocycles. The van der Waals surface area contributed by atoms with E-state index in [9.17, 15) is 14.9 Å². The molecule has 0 aromatic heterocycles. The second kappa shape index (κ2) is 6.64. The number of halogens is 2. The number of nitrogens with zero attached hydrogens (tertiary/aromatic N) is 1. The number of carbonyl (C=O) groups is 1. The second-order valence-electron chi connectivity index (χ2n) is 4.22. The molecule has 6 nitrogen and oxygen atoms in total. The minimum absolute atomic E-state index is 0.110. The highest BCUT2D eigenvalue weighted by Crippen LogP contribution is 2.29. The van der Waals surface area contributed by atoms with Gasteiger partial charge in [-0.3, -0.25) is 14.9 Å². The minimum Gasteiger partial charge on any atom is -0.497 e. The van der Waals surface area contributed by atoms with Gasteiger partial charge in [0.15, 0.2) is 0 Å². The molecule has 2 aromatic rings. The number of carbonyl (C=O) groups excluding carboxylic acids is 1. The molecule has 8 heteroatoms. The van der Waals surface area contributed by atoms with Crippen LogP contribution in [0.15, 0.2) is 36.4 Å². The Labute approximate surface area is 135 Å². The summed E-state index contributed by atoms with van der Waals surface area (Å²) in [6, 6.07) is 8.48. The summed E-state index contributed by atoms with van der Waals surface area (Å²) in [6.07, 6.45) is 0. The van der Waals surface area contributed by atoms with E-state index in [1.807, 2.05) is 0 Å². The summed E-state index contributed by atoms with van der Waals surface area (Å²) in [4.78, 5) is 22.5. The van der Waals surface area contributed by atoms with Crippen molar-refractivity contribution in [3.63, 3.8) is 0 Å². The highest BCUT2D eigenvalue weighted by molar-refractivity contribution is 6.34. The van der Waals surface area contributed by atoms with Crippen LogP contribution in [0.3, 0.4) is 0 Å². The van der Waals surface area contributed by atoms with Gasteiger partial charge in [-0.25, -0.2) is 0 Å². The molecule has 0 aliphatic rings. The zero-order valence-electron chi connectivity index (χ0n) is 11.3. The summed E-state index contributed by atoms with van der Waals surface area (Å²) in [5.74, 6) is -0.129. The molecule has 2 aromatic carbocycles. The van der Waals surface area contributed by atoms with E-state index in [1.165, 1.54) is 25.3 Å². The van der Waals surface area contributed by atoms with Gasteiger partial charge in [-0.15, -0.1) is 0 Å². The molecular weight excluding hydrogens is 331 g/mol. The lowest BCUT2D eigenvalue weighted by molar-refractivity contribution is -0.385. The van der Waals surface area contributed by atoms with Crippen molar-refractivity contribution in [2.75, 3.05) is 12.4 Å². The van der Waals surface area contributed by atoms with Crippen molar-refractivity contribution >= 4 is 40.5 Å². The maximum absolute atomic E-state index is 12.2. The van der Waals surface area contributed by atoms with Crippen LogP contribution in [0.1, 0.15) is 10.4 Å². The fourth-order valence-corrected chi connectivity index (χ4v) is 2.15. The van der Waals surface area contributed by atoms with Gasteiger partial charge in [0.25, 0.3) is 11.6 Å². The predicted octanol–water partition coefficient (Wildman–Crippen LogP) is 4.16. The zero-order valence-corrected chi connectivity index (χ0v) is 12.8. The summed E-state index contributed by atoms with van der Waals surface area (Å²) in [7, 11) is 1.49. The number of nitro groups is 1. The number of hydrogen-bond donors (Lipinski definition) is 1. The standard InChI is InChI=1S/C14H10Cl2N2O4/c1-22-9-3-5-12(11(16)7-9)17-14(19)10-4-2-8(15)6-13(10)18(20)21/h2-7H,1H3,(H,17,19). The van der Waals surface area contributed by atoms with Crippen LogP contribution in [-0.4, -0.2) is 17.9 Å². The Kier molecular flexibility index (Phi) is 4.85. The molecule has 0 saturated heterocycles. The second-order valence-corrected chi connectivity index (χ2v) is 5.06. The van der Waals surface area contributed by atoms with Gasteiger partial charge in [0.05, 0.1) is 22.7 Å². The van der Waals surface area contributed by atoms with Gasteiger partial charge in [-0.05, 0) is 24.3 Å². The number of benzene rings is 2. The quantitative estimate of drug-likeness (QED) is 0.669. The normalized spacial score (nSPS) is 10.1. The Bertz CT molecular complexity index is 750. The molecule has 0 fully saturated rings. The lowest BCUT2D eigenvalue weighted by atomic mass is 10.1. The van der Waals surface area contributed by atoms with Crippen LogP contribution in [0.25, 0.3) is 0 Å². The molecule has 0 spiro atoms. The van der Waals surface area contributed by atoms with Gasteiger partial charge in [-0.2, -0.15) is 0 Å². The third kappa shape index (κ3) is 3.47. The Hall–Kier alpha value is -2.31. The van der Waals surface area contributed by atoms with Gasteiger partial charge < -0.3 is 10.1 Å². The van der Waals surface area contributed by atoms with Crippen molar-refractivity contribution in [2.24, 2.45) is 0 Å². The molecule has 0 heterocycles. The summed E-state index contributed by atoms with van der Waals surface area (Å²) >= 11 is 11.7. The van der Waals surface area contributed by atoms with Gasteiger partial charge in [-0.1, -0.05) is 23.2 Å². The number of nitro benzene ring substituents is 1. The lowest BCUT2D eigenvalue weighted by Crippen LogP contribution is -2.14. The number of amides is 1. The van der Waals surface area contributed by atoms with Crippen LogP contribution in [0.4, 0.5) is 11.4 Å².